The molecule has 2 amide bonds. The van der Waals surface area contributed by atoms with Crippen molar-refractivity contribution in [3.63, 3.8) is 0 Å². The summed E-state index contributed by atoms with van der Waals surface area (Å²) in [6.07, 6.45) is 2.41. The quantitative estimate of drug-likeness (QED) is 0.647. The molecule has 2 fully saturated rings. The molecular formula is C25H32ClN5O2. The van der Waals surface area contributed by atoms with Crippen LogP contribution in [-0.2, 0) is 4.79 Å². The van der Waals surface area contributed by atoms with E-state index in [1.165, 1.54) is 6.33 Å². The first-order chi connectivity index (χ1) is 15.7. The molecule has 3 heterocycles. The summed E-state index contributed by atoms with van der Waals surface area (Å²) >= 11 is 6.26. The first kappa shape index (κ1) is 23.6. The molecule has 2 aliphatic rings. The maximum absolute atomic E-state index is 13.1. The highest BCUT2D eigenvalue weighted by molar-refractivity contribution is 6.31. The standard InChI is InChI=1S/C25H32ClN5O2/c1-16-6-7-22(10-23(16)26)31(19(4)32)9-5-8-29-11-20-13-30(14-21(20)12-29)25(33)24-17(2)27-15-28-18(24)3/h6-7,10,15,20-21H,5,8-9,11-14H2,1-4H3. The SMILES string of the molecule is CC(=O)N(CCCN1CC2CN(C(=O)c3c(C)ncnc3C)CC2C1)c1ccc(C)c(Cl)c1. The van der Waals surface area contributed by atoms with Crippen LogP contribution in [-0.4, -0.2) is 70.9 Å². The minimum atomic E-state index is 0.0258. The molecule has 1 aromatic heterocycles. The summed E-state index contributed by atoms with van der Waals surface area (Å²) in [6, 6.07) is 5.77. The number of aryl methyl sites for hydroxylation is 3. The van der Waals surface area contributed by atoms with Gasteiger partial charge in [-0.25, -0.2) is 9.97 Å². The first-order valence-corrected chi connectivity index (χ1v) is 12.0. The Morgan fingerprint density at radius 3 is 2.27 bits per heavy atom. The molecule has 33 heavy (non-hydrogen) atoms. The van der Waals surface area contributed by atoms with Gasteiger partial charge >= 0.3 is 0 Å². The zero-order chi connectivity index (χ0) is 23.7. The van der Waals surface area contributed by atoms with Crippen LogP contribution in [0.15, 0.2) is 24.5 Å². The van der Waals surface area contributed by atoms with E-state index in [0.29, 0.717) is 29.0 Å². The predicted octanol–water partition coefficient (Wildman–Crippen LogP) is 3.50. The van der Waals surface area contributed by atoms with Crippen LogP contribution in [0.3, 0.4) is 0 Å². The van der Waals surface area contributed by atoms with Crippen LogP contribution < -0.4 is 4.90 Å². The fourth-order valence-electron chi connectivity index (χ4n) is 5.17. The van der Waals surface area contributed by atoms with Crippen LogP contribution in [0.2, 0.25) is 5.02 Å². The van der Waals surface area contributed by atoms with Crippen molar-refractivity contribution < 1.29 is 9.59 Å². The second-order valence-electron chi connectivity index (χ2n) is 9.37. The van der Waals surface area contributed by atoms with Crippen molar-refractivity contribution in [2.45, 2.75) is 34.1 Å². The number of rotatable bonds is 6. The predicted molar refractivity (Wildman–Crippen MR) is 130 cm³/mol. The summed E-state index contributed by atoms with van der Waals surface area (Å²) in [7, 11) is 0. The Bertz CT molecular complexity index is 1020. The van der Waals surface area contributed by atoms with E-state index in [1.54, 1.807) is 11.8 Å². The van der Waals surface area contributed by atoms with Crippen LogP contribution in [0.5, 0.6) is 0 Å². The molecule has 2 aliphatic heterocycles. The van der Waals surface area contributed by atoms with Crippen LogP contribution in [0.4, 0.5) is 5.69 Å². The van der Waals surface area contributed by atoms with Crippen molar-refractivity contribution in [2.24, 2.45) is 11.8 Å². The number of hydrogen-bond donors (Lipinski definition) is 0. The lowest BCUT2D eigenvalue weighted by Gasteiger charge is -2.25. The highest BCUT2D eigenvalue weighted by atomic mass is 35.5. The number of nitrogens with zero attached hydrogens (tertiary/aromatic N) is 5. The maximum Gasteiger partial charge on any atom is 0.257 e. The van der Waals surface area contributed by atoms with E-state index in [1.807, 2.05) is 43.9 Å². The third-order valence-corrected chi connectivity index (χ3v) is 7.40. The van der Waals surface area contributed by atoms with E-state index < -0.39 is 0 Å². The summed E-state index contributed by atoms with van der Waals surface area (Å²) in [5.74, 6) is 1.08. The molecule has 2 saturated heterocycles. The monoisotopic (exact) mass is 469 g/mol. The second kappa shape index (κ2) is 9.77. The van der Waals surface area contributed by atoms with Gasteiger partial charge in [0.25, 0.3) is 5.91 Å². The van der Waals surface area contributed by atoms with E-state index >= 15 is 0 Å². The number of carbonyl (C=O) groups is 2. The number of halogens is 1. The van der Waals surface area contributed by atoms with E-state index in [-0.39, 0.29) is 11.8 Å². The number of benzene rings is 1. The van der Waals surface area contributed by atoms with E-state index in [4.69, 9.17) is 11.6 Å². The molecular weight excluding hydrogens is 438 g/mol. The van der Waals surface area contributed by atoms with Crippen molar-refractivity contribution in [2.75, 3.05) is 44.2 Å². The molecule has 2 atom stereocenters. The smallest absolute Gasteiger partial charge is 0.257 e. The van der Waals surface area contributed by atoms with Gasteiger partial charge in [-0.3, -0.25) is 9.59 Å². The Morgan fingerprint density at radius 2 is 1.70 bits per heavy atom. The van der Waals surface area contributed by atoms with E-state index in [2.05, 4.69) is 14.9 Å². The summed E-state index contributed by atoms with van der Waals surface area (Å²) in [5.41, 5.74) is 3.99. The molecule has 1 aromatic carbocycles. The molecule has 0 saturated carbocycles. The lowest BCUT2D eigenvalue weighted by Crippen LogP contribution is -2.35. The molecule has 8 heteroatoms. The van der Waals surface area contributed by atoms with Crippen LogP contribution >= 0.6 is 11.6 Å². The second-order valence-corrected chi connectivity index (χ2v) is 9.77. The summed E-state index contributed by atoms with van der Waals surface area (Å²) < 4.78 is 0. The van der Waals surface area contributed by atoms with Gasteiger partial charge in [0.05, 0.1) is 17.0 Å². The van der Waals surface area contributed by atoms with Crippen molar-refractivity contribution >= 4 is 29.1 Å². The zero-order valence-corrected chi connectivity index (χ0v) is 20.6. The Balaban J connectivity index is 1.29. The lowest BCUT2D eigenvalue weighted by atomic mass is 10.0. The third kappa shape index (κ3) is 5.04. The van der Waals surface area contributed by atoms with Crippen LogP contribution in [0.1, 0.15) is 40.7 Å². The number of aromatic nitrogens is 2. The van der Waals surface area contributed by atoms with Crippen molar-refractivity contribution in [1.82, 2.24) is 19.8 Å². The van der Waals surface area contributed by atoms with Gasteiger partial charge in [-0.05, 0) is 63.3 Å². The van der Waals surface area contributed by atoms with E-state index in [9.17, 15) is 9.59 Å². The molecule has 2 aromatic rings. The minimum Gasteiger partial charge on any atom is -0.338 e. The van der Waals surface area contributed by atoms with Gasteiger partial charge in [0.15, 0.2) is 0 Å². The van der Waals surface area contributed by atoms with Gasteiger partial charge in [-0.1, -0.05) is 17.7 Å². The summed E-state index contributed by atoms with van der Waals surface area (Å²) in [6.45, 7) is 12.5. The molecule has 0 radical (unpaired) electrons. The Kier molecular flexibility index (Phi) is 7.00. The number of carbonyl (C=O) groups excluding carboxylic acids is 2. The van der Waals surface area contributed by atoms with Crippen molar-refractivity contribution in [1.29, 1.82) is 0 Å². The number of anilines is 1. The molecule has 2 unspecified atom stereocenters. The van der Waals surface area contributed by atoms with E-state index in [0.717, 1.165) is 61.8 Å². The number of likely N-dealkylation sites (tertiary alicyclic amines) is 2. The average molecular weight is 470 g/mol. The van der Waals surface area contributed by atoms with Gasteiger partial charge < -0.3 is 14.7 Å². The fourth-order valence-corrected chi connectivity index (χ4v) is 5.34. The van der Waals surface area contributed by atoms with Gasteiger partial charge in [-0.2, -0.15) is 0 Å². The molecule has 176 valence electrons. The minimum absolute atomic E-state index is 0.0258. The Morgan fingerprint density at radius 1 is 1.06 bits per heavy atom. The lowest BCUT2D eigenvalue weighted by molar-refractivity contribution is -0.116. The Labute approximate surface area is 200 Å². The van der Waals surface area contributed by atoms with Crippen molar-refractivity contribution in [3.8, 4) is 0 Å². The van der Waals surface area contributed by atoms with Crippen LogP contribution in [0, 0.1) is 32.6 Å². The summed E-state index contributed by atoms with van der Waals surface area (Å²) in [4.78, 5) is 40.0. The highest BCUT2D eigenvalue weighted by Gasteiger charge is 2.42. The number of amides is 2. The average Bonchev–Trinajstić information content (AvgIpc) is 3.32. The molecule has 4 rings (SSSR count). The fraction of sp³-hybridized carbons (Fsp3) is 0.520. The third-order valence-electron chi connectivity index (χ3n) is 6.99. The zero-order valence-electron chi connectivity index (χ0n) is 19.8. The number of fused-ring (bicyclic) bond motifs is 1. The molecule has 0 bridgehead atoms. The molecule has 0 N–H and O–H groups in total. The van der Waals surface area contributed by atoms with Crippen LogP contribution in [0.25, 0.3) is 0 Å². The van der Waals surface area contributed by atoms with Gasteiger partial charge in [0.1, 0.15) is 6.33 Å². The molecule has 7 nitrogen and oxygen atoms in total. The first-order valence-electron chi connectivity index (χ1n) is 11.6. The van der Waals surface area contributed by atoms with Gasteiger partial charge in [0, 0.05) is 50.4 Å². The molecule has 0 aliphatic carbocycles. The normalized spacial score (nSPS) is 20.2. The topological polar surface area (TPSA) is 69.6 Å². The summed E-state index contributed by atoms with van der Waals surface area (Å²) in [5, 5.41) is 0.678. The van der Waals surface area contributed by atoms with Gasteiger partial charge in [-0.15, -0.1) is 0 Å². The largest absolute Gasteiger partial charge is 0.338 e. The number of hydrogen-bond acceptors (Lipinski definition) is 5. The molecule has 0 spiro atoms. The maximum atomic E-state index is 13.1. The van der Waals surface area contributed by atoms with Gasteiger partial charge in [0.2, 0.25) is 5.91 Å². The Hall–Kier alpha value is -2.51. The van der Waals surface area contributed by atoms with Crippen molar-refractivity contribution in [3.05, 3.63) is 52.1 Å². The highest BCUT2D eigenvalue weighted by Crippen LogP contribution is 2.32.